The van der Waals surface area contributed by atoms with Gasteiger partial charge >= 0.3 is 0 Å². The van der Waals surface area contributed by atoms with Crippen molar-refractivity contribution in [2.45, 2.75) is 25.7 Å². The van der Waals surface area contributed by atoms with Gasteiger partial charge in [-0.25, -0.2) is 4.98 Å². The number of aryl methyl sites for hydroxylation is 2. The molecule has 1 N–H and O–H groups in total. The van der Waals surface area contributed by atoms with Crippen LogP contribution in [-0.4, -0.2) is 18.1 Å². The second-order valence-corrected chi connectivity index (χ2v) is 7.12. The summed E-state index contributed by atoms with van der Waals surface area (Å²) in [6.07, 6.45) is 1.37. The number of fused-ring (bicyclic) bond motifs is 1. The quantitative estimate of drug-likeness (QED) is 0.906. The summed E-state index contributed by atoms with van der Waals surface area (Å²) >= 11 is 1.80. The Hall–Kier alpha value is -1.19. The van der Waals surface area contributed by atoms with Crippen molar-refractivity contribution in [2.75, 3.05) is 13.1 Å². The summed E-state index contributed by atoms with van der Waals surface area (Å²) < 4.78 is 0. The minimum Gasteiger partial charge on any atom is -0.316 e. The van der Waals surface area contributed by atoms with Crippen molar-refractivity contribution in [3.63, 3.8) is 0 Å². The largest absolute Gasteiger partial charge is 0.316 e. The number of nitrogens with one attached hydrogen (secondary N) is 1. The Bertz CT molecular complexity index is 646. The fraction of sp³-hybridized carbons (Fsp3) is 0.438. The van der Waals surface area contributed by atoms with Gasteiger partial charge in [-0.2, -0.15) is 0 Å². The first-order chi connectivity index (χ1) is 9.19. The number of hydrogen-bond acceptors (Lipinski definition) is 3. The molecule has 2 atom stereocenters. The summed E-state index contributed by atoms with van der Waals surface area (Å²) in [5.41, 5.74) is 4.47. The predicted molar refractivity (Wildman–Crippen MR) is 79.7 cm³/mol. The van der Waals surface area contributed by atoms with Crippen molar-refractivity contribution < 1.29 is 0 Å². The summed E-state index contributed by atoms with van der Waals surface area (Å²) in [5, 5.41) is 4.68. The second-order valence-electron chi connectivity index (χ2n) is 5.92. The van der Waals surface area contributed by atoms with E-state index in [4.69, 9.17) is 0 Å². The average Bonchev–Trinajstić information content (AvgIpc) is 2.79. The van der Waals surface area contributed by atoms with E-state index in [1.807, 2.05) is 0 Å². The number of nitrogens with zero attached hydrogens (tertiary/aromatic N) is 1. The van der Waals surface area contributed by atoms with Crippen LogP contribution in [0.2, 0.25) is 0 Å². The van der Waals surface area contributed by atoms with Crippen molar-refractivity contribution in [1.82, 2.24) is 10.3 Å². The van der Waals surface area contributed by atoms with Crippen molar-refractivity contribution in [1.29, 1.82) is 0 Å². The maximum Gasteiger partial charge on any atom is 0.0903 e. The highest BCUT2D eigenvalue weighted by Gasteiger charge is 2.57. The summed E-state index contributed by atoms with van der Waals surface area (Å²) in [6.45, 7) is 6.55. The molecule has 1 aromatic heterocycles. The van der Waals surface area contributed by atoms with Crippen molar-refractivity contribution >= 4 is 11.3 Å². The minimum absolute atomic E-state index is 0.448. The Balaban J connectivity index is 1.77. The van der Waals surface area contributed by atoms with Crippen LogP contribution in [0.25, 0.3) is 10.4 Å². The molecule has 2 aromatic rings. The SMILES string of the molecule is Cc1nc(C)c(-c2cccc([C@]34CNC[C@H]3C4)c2)s1. The molecule has 2 heterocycles. The summed E-state index contributed by atoms with van der Waals surface area (Å²) in [7, 11) is 0. The summed E-state index contributed by atoms with van der Waals surface area (Å²) in [6, 6.07) is 9.13. The number of aromatic nitrogens is 1. The lowest BCUT2D eigenvalue weighted by atomic mass is 9.93. The standard InChI is InChI=1S/C16H18N2S/c1-10-15(19-11(2)18-10)12-4-3-5-13(6-12)16-7-14(16)8-17-9-16/h3-6,14,17H,7-9H2,1-2H3/t14-,16+/m1/s1. The number of rotatable bonds is 2. The normalized spacial score (nSPS) is 28.4. The highest BCUT2D eigenvalue weighted by molar-refractivity contribution is 7.15. The molecule has 2 nitrogen and oxygen atoms in total. The fourth-order valence-corrected chi connectivity index (χ4v) is 4.48. The topological polar surface area (TPSA) is 24.9 Å². The molecule has 0 spiro atoms. The second kappa shape index (κ2) is 3.90. The molecule has 0 amide bonds. The van der Waals surface area contributed by atoms with Crippen LogP contribution in [0.1, 0.15) is 22.7 Å². The van der Waals surface area contributed by atoms with Gasteiger partial charge in [0.1, 0.15) is 0 Å². The van der Waals surface area contributed by atoms with Gasteiger partial charge in [-0.1, -0.05) is 18.2 Å². The zero-order valence-electron chi connectivity index (χ0n) is 11.4. The highest BCUT2D eigenvalue weighted by Crippen LogP contribution is 2.56. The lowest BCUT2D eigenvalue weighted by Crippen LogP contribution is -2.19. The van der Waals surface area contributed by atoms with Crippen LogP contribution in [0.15, 0.2) is 24.3 Å². The molecule has 3 heteroatoms. The van der Waals surface area contributed by atoms with Gasteiger partial charge < -0.3 is 5.32 Å². The van der Waals surface area contributed by atoms with Crippen LogP contribution >= 0.6 is 11.3 Å². The molecule has 2 fully saturated rings. The molecule has 0 unspecified atom stereocenters. The Morgan fingerprint density at radius 2 is 2.26 bits per heavy atom. The maximum atomic E-state index is 4.55. The highest BCUT2D eigenvalue weighted by atomic mass is 32.1. The third kappa shape index (κ3) is 1.68. The fourth-order valence-electron chi connectivity index (χ4n) is 3.56. The van der Waals surface area contributed by atoms with E-state index in [9.17, 15) is 0 Å². The van der Waals surface area contributed by atoms with Gasteiger partial charge in [0.05, 0.1) is 15.6 Å². The van der Waals surface area contributed by atoms with E-state index in [1.165, 1.54) is 29.0 Å². The number of piperidine rings is 1. The van der Waals surface area contributed by atoms with Crippen LogP contribution in [0, 0.1) is 19.8 Å². The Morgan fingerprint density at radius 1 is 1.37 bits per heavy atom. The third-order valence-corrected chi connectivity index (χ3v) is 5.79. The van der Waals surface area contributed by atoms with Gasteiger partial charge in [0, 0.05) is 12.0 Å². The number of hydrogen-bond donors (Lipinski definition) is 1. The molecular weight excluding hydrogens is 252 g/mol. The van der Waals surface area contributed by atoms with E-state index in [1.54, 1.807) is 11.3 Å². The van der Waals surface area contributed by atoms with E-state index in [2.05, 4.69) is 48.4 Å². The van der Waals surface area contributed by atoms with Crippen LogP contribution in [-0.2, 0) is 5.41 Å². The molecule has 0 bridgehead atoms. The average molecular weight is 270 g/mol. The van der Waals surface area contributed by atoms with Crippen molar-refractivity contribution in [3.05, 3.63) is 40.5 Å². The first-order valence-electron chi connectivity index (χ1n) is 6.95. The van der Waals surface area contributed by atoms with Gasteiger partial charge in [-0.05, 0) is 49.9 Å². The van der Waals surface area contributed by atoms with Gasteiger partial charge in [0.15, 0.2) is 0 Å². The molecule has 1 aliphatic heterocycles. The molecular formula is C16H18N2S. The summed E-state index contributed by atoms with van der Waals surface area (Å²) in [5.74, 6) is 0.868. The first-order valence-corrected chi connectivity index (χ1v) is 7.76. The Morgan fingerprint density at radius 3 is 2.89 bits per heavy atom. The molecule has 1 saturated heterocycles. The Kier molecular flexibility index (Phi) is 2.39. The lowest BCUT2D eigenvalue weighted by Gasteiger charge is -2.13. The van der Waals surface area contributed by atoms with Gasteiger partial charge in [-0.15, -0.1) is 11.3 Å². The minimum atomic E-state index is 0.448. The molecule has 1 saturated carbocycles. The van der Waals surface area contributed by atoms with E-state index in [0.717, 1.165) is 23.2 Å². The van der Waals surface area contributed by atoms with E-state index in [-0.39, 0.29) is 0 Å². The van der Waals surface area contributed by atoms with Crippen LogP contribution < -0.4 is 5.32 Å². The van der Waals surface area contributed by atoms with E-state index >= 15 is 0 Å². The van der Waals surface area contributed by atoms with Crippen LogP contribution in [0.3, 0.4) is 0 Å². The third-order valence-electron chi connectivity index (χ3n) is 4.67. The monoisotopic (exact) mass is 270 g/mol. The molecule has 19 heavy (non-hydrogen) atoms. The molecule has 2 aliphatic rings. The first kappa shape index (κ1) is 11.6. The number of thiazole rings is 1. The molecule has 98 valence electrons. The van der Waals surface area contributed by atoms with Gasteiger partial charge in [-0.3, -0.25) is 0 Å². The molecule has 1 aliphatic carbocycles. The van der Waals surface area contributed by atoms with E-state index in [0.29, 0.717) is 5.41 Å². The Labute approximate surface area is 117 Å². The predicted octanol–water partition coefficient (Wildman–Crippen LogP) is 3.29. The van der Waals surface area contributed by atoms with Crippen molar-refractivity contribution in [3.8, 4) is 10.4 Å². The maximum absolute atomic E-state index is 4.55. The van der Waals surface area contributed by atoms with Gasteiger partial charge in [0.25, 0.3) is 0 Å². The molecule has 4 rings (SSSR count). The van der Waals surface area contributed by atoms with Crippen LogP contribution in [0.5, 0.6) is 0 Å². The zero-order chi connectivity index (χ0) is 13.0. The number of benzene rings is 1. The van der Waals surface area contributed by atoms with Gasteiger partial charge in [0.2, 0.25) is 0 Å². The van der Waals surface area contributed by atoms with Crippen molar-refractivity contribution in [2.24, 2.45) is 5.92 Å². The summed E-state index contributed by atoms with van der Waals surface area (Å²) in [4.78, 5) is 5.88. The zero-order valence-corrected chi connectivity index (χ0v) is 12.2. The lowest BCUT2D eigenvalue weighted by molar-refractivity contribution is 0.676. The smallest absolute Gasteiger partial charge is 0.0903 e. The molecule has 0 radical (unpaired) electrons. The molecule has 1 aromatic carbocycles. The van der Waals surface area contributed by atoms with Crippen LogP contribution in [0.4, 0.5) is 0 Å². The van der Waals surface area contributed by atoms with E-state index < -0.39 is 0 Å².